The number of benzene rings is 1. The van der Waals surface area contributed by atoms with Crippen molar-refractivity contribution < 1.29 is 9.53 Å². The molecule has 1 amide bonds. The van der Waals surface area contributed by atoms with Gasteiger partial charge in [0, 0.05) is 13.1 Å². The normalized spacial score (nSPS) is 24.9. The van der Waals surface area contributed by atoms with Gasteiger partial charge in [-0.15, -0.1) is 0 Å². The van der Waals surface area contributed by atoms with Gasteiger partial charge in [-0.25, -0.2) is 9.78 Å². The van der Waals surface area contributed by atoms with E-state index in [0.29, 0.717) is 29.6 Å². The third kappa shape index (κ3) is 4.06. The monoisotopic (exact) mass is 414 g/mol. The number of aromatic nitrogens is 2. The number of halogens is 1. The molecule has 29 heavy (non-hydrogen) atoms. The highest BCUT2D eigenvalue weighted by atomic mass is 35.5. The molecule has 0 N–H and O–H groups in total. The van der Waals surface area contributed by atoms with Gasteiger partial charge in [0.15, 0.2) is 0 Å². The van der Waals surface area contributed by atoms with Crippen LogP contribution in [0.2, 0.25) is 5.02 Å². The Morgan fingerprint density at radius 1 is 1.41 bits per heavy atom. The van der Waals surface area contributed by atoms with Crippen molar-refractivity contribution in [3.05, 3.63) is 29.0 Å². The second-order valence-electron chi connectivity index (χ2n) is 9.76. The maximum atomic E-state index is 12.5. The molecule has 6 nitrogen and oxygen atoms in total. The predicted octanol–water partition coefficient (Wildman–Crippen LogP) is 4.99. The first-order chi connectivity index (χ1) is 13.7. The summed E-state index contributed by atoms with van der Waals surface area (Å²) in [6.07, 6.45) is 5.56. The number of nitrogens with zero attached hydrogens (tertiary/aromatic N) is 4. The molecule has 1 aromatic heterocycles. The third-order valence-corrected chi connectivity index (χ3v) is 6.21. The summed E-state index contributed by atoms with van der Waals surface area (Å²) in [5.74, 6) is 0.393. The van der Waals surface area contributed by atoms with Gasteiger partial charge in [0.2, 0.25) is 0 Å². The number of rotatable bonds is 3. The molecule has 1 aliphatic carbocycles. The first-order valence-corrected chi connectivity index (χ1v) is 10.6. The summed E-state index contributed by atoms with van der Waals surface area (Å²) in [5, 5.41) is 9.71. The lowest BCUT2D eigenvalue weighted by Gasteiger charge is -2.36. The maximum Gasteiger partial charge on any atom is 0.410 e. The van der Waals surface area contributed by atoms with E-state index >= 15 is 0 Å². The average molecular weight is 415 g/mol. The fraction of sp³-hybridized carbons (Fsp3) is 0.591. The largest absolute Gasteiger partial charge is 0.441 e. The molecule has 2 atom stereocenters. The minimum Gasteiger partial charge on any atom is -0.441 e. The van der Waals surface area contributed by atoms with E-state index in [2.05, 4.69) is 36.4 Å². The second kappa shape index (κ2) is 7.21. The molecule has 2 aliphatic rings. The number of carbonyl (C=O) groups is 1. The molecule has 0 bridgehead atoms. The van der Waals surface area contributed by atoms with Gasteiger partial charge in [-0.05, 0) is 49.1 Å². The lowest BCUT2D eigenvalue weighted by Crippen LogP contribution is -2.41. The number of ether oxygens (including phenoxy) is 1. The molecule has 2 unspecified atom stereocenters. The number of hydrogen-bond acceptors (Lipinski definition) is 4. The number of imidazole rings is 1. The van der Waals surface area contributed by atoms with Crippen molar-refractivity contribution in [1.29, 1.82) is 5.26 Å². The van der Waals surface area contributed by atoms with Crippen LogP contribution in [0.1, 0.15) is 52.0 Å². The van der Waals surface area contributed by atoms with Gasteiger partial charge < -0.3 is 14.2 Å². The van der Waals surface area contributed by atoms with Gasteiger partial charge in [0.05, 0.1) is 34.5 Å². The zero-order chi connectivity index (χ0) is 20.8. The highest BCUT2D eigenvalue weighted by Gasteiger charge is 2.48. The molecule has 4 rings (SSSR count). The topological polar surface area (TPSA) is 71.2 Å². The summed E-state index contributed by atoms with van der Waals surface area (Å²) in [7, 11) is 0. The van der Waals surface area contributed by atoms with Gasteiger partial charge in [-0.1, -0.05) is 32.4 Å². The second-order valence-corrected chi connectivity index (χ2v) is 10.2. The molecule has 0 radical (unpaired) electrons. The van der Waals surface area contributed by atoms with Gasteiger partial charge in [0.1, 0.15) is 11.7 Å². The molecule has 7 heteroatoms. The smallest absolute Gasteiger partial charge is 0.410 e. The lowest BCUT2D eigenvalue weighted by molar-refractivity contribution is 0.00413. The molecular weight excluding hydrogens is 388 g/mol. The molecule has 1 aliphatic heterocycles. The van der Waals surface area contributed by atoms with Gasteiger partial charge in [0.25, 0.3) is 0 Å². The van der Waals surface area contributed by atoms with Crippen molar-refractivity contribution in [1.82, 2.24) is 14.5 Å². The van der Waals surface area contributed by atoms with E-state index in [1.807, 2.05) is 17.3 Å². The van der Waals surface area contributed by atoms with Crippen LogP contribution in [0.15, 0.2) is 18.5 Å². The van der Waals surface area contributed by atoms with Crippen molar-refractivity contribution in [3.8, 4) is 6.07 Å². The quantitative estimate of drug-likeness (QED) is 0.709. The van der Waals surface area contributed by atoms with Crippen molar-refractivity contribution in [2.45, 2.75) is 58.6 Å². The maximum absolute atomic E-state index is 12.5. The van der Waals surface area contributed by atoms with Crippen molar-refractivity contribution in [3.63, 3.8) is 0 Å². The number of hydrogen-bond donors (Lipinski definition) is 0. The Bertz CT molecular complexity index is 987. The summed E-state index contributed by atoms with van der Waals surface area (Å²) >= 11 is 6.13. The van der Waals surface area contributed by atoms with Gasteiger partial charge >= 0.3 is 6.09 Å². The highest BCUT2D eigenvalue weighted by Crippen LogP contribution is 2.41. The summed E-state index contributed by atoms with van der Waals surface area (Å²) in [6.45, 7) is 8.60. The summed E-state index contributed by atoms with van der Waals surface area (Å²) in [6, 6.07) is 5.70. The number of carbonyl (C=O) groups excluding carboxylic acids is 1. The molecular formula is C22H27ClN4O2. The number of fused-ring (bicyclic) bond motifs is 1. The van der Waals surface area contributed by atoms with Crippen LogP contribution in [0.5, 0.6) is 0 Å². The third-order valence-electron chi connectivity index (χ3n) is 5.90. The van der Waals surface area contributed by atoms with E-state index in [0.717, 1.165) is 43.3 Å². The Kier molecular flexibility index (Phi) is 4.98. The van der Waals surface area contributed by atoms with E-state index in [-0.39, 0.29) is 17.1 Å². The zero-order valence-corrected chi connectivity index (χ0v) is 18.0. The fourth-order valence-electron chi connectivity index (χ4n) is 4.81. The lowest BCUT2D eigenvalue weighted by atomic mass is 9.77. The van der Waals surface area contributed by atoms with Crippen molar-refractivity contribution in [2.24, 2.45) is 11.3 Å². The fourth-order valence-corrected chi connectivity index (χ4v) is 5.01. The molecule has 1 saturated heterocycles. The van der Waals surface area contributed by atoms with Crippen molar-refractivity contribution in [2.75, 3.05) is 13.1 Å². The molecule has 154 valence electrons. The van der Waals surface area contributed by atoms with Crippen LogP contribution in [0.4, 0.5) is 4.79 Å². The first-order valence-electron chi connectivity index (χ1n) is 10.2. The van der Waals surface area contributed by atoms with Gasteiger partial charge in [-0.3, -0.25) is 0 Å². The van der Waals surface area contributed by atoms with E-state index in [1.165, 1.54) is 0 Å². The van der Waals surface area contributed by atoms with E-state index in [9.17, 15) is 10.1 Å². The zero-order valence-electron chi connectivity index (χ0n) is 17.2. The van der Waals surface area contributed by atoms with Crippen LogP contribution in [-0.4, -0.2) is 39.2 Å². The standard InChI is InChI=1S/C22H27ClN4O2/c1-21(2,3)12-27-13-22(29-20(27)28)6-4-5-15(9-22)11-26-14-25-18-8-17(23)16(10-24)7-19(18)26/h7-8,14-15H,4-6,9,11-13H2,1-3H3. The first kappa shape index (κ1) is 20.0. The minimum absolute atomic E-state index is 0.0497. The van der Waals surface area contributed by atoms with Crippen LogP contribution in [0.25, 0.3) is 11.0 Å². The Morgan fingerprint density at radius 2 is 2.21 bits per heavy atom. The Morgan fingerprint density at radius 3 is 2.93 bits per heavy atom. The van der Waals surface area contributed by atoms with Crippen LogP contribution >= 0.6 is 11.6 Å². The molecule has 1 spiro atoms. The van der Waals surface area contributed by atoms with Crippen LogP contribution < -0.4 is 0 Å². The minimum atomic E-state index is -0.372. The number of nitriles is 1. The van der Waals surface area contributed by atoms with Crippen LogP contribution in [0, 0.1) is 22.7 Å². The van der Waals surface area contributed by atoms with Crippen molar-refractivity contribution >= 4 is 28.7 Å². The Labute approximate surface area is 176 Å². The predicted molar refractivity (Wildman–Crippen MR) is 112 cm³/mol. The summed E-state index contributed by atoms with van der Waals surface area (Å²) < 4.78 is 8.04. The van der Waals surface area contributed by atoms with Gasteiger partial charge in [-0.2, -0.15) is 5.26 Å². The molecule has 2 fully saturated rings. The molecule has 2 aromatic rings. The Balaban J connectivity index is 1.51. The highest BCUT2D eigenvalue weighted by molar-refractivity contribution is 6.32. The van der Waals surface area contributed by atoms with Crippen LogP contribution in [0.3, 0.4) is 0 Å². The molecule has 1 saturated carbocycles. The molecule has 1 aromatic carbocycles. The van der Waals surface area contributed by atoms with E-state index in [1.54, 1.807) is 6.07 Å². The SMILES string of the molecule is CC(C)(C)CN1CC2(CCCC(Cn3cnc4cc(Cl)c(C#N)cc43)C2)OC1=O. The molecule has 2 heterocycles. The summed E-state index contributed by atoms with van der Waals surface area (Å²) in [5.41, 5.74) is 1.85. The average Bonchev–Trinajstić information content (AvgIpc) is 3.13. The van der Waals surface area contributed by atoms with E-state index in [4.69, 9.17) is 16.3 Å². The van der Waals surface area contributed by atoms with Crippen LogP contribution in [-0.2, 0) is 11.3 Å². The Hall–Kier alpha value is -2.26. The number of amides is 1. The van der Waals surface area contributed by atoms with E-state index < -0.39 is 0 Å². The summed E-state index contributed by atoms with van der Waals surface area (Å²) in [4.78, 5) is 18.8.